The first kappa shape index (κ1) is 26.3. The van der Waals surface area contributed by atoms with E-state index < -0.39 is 5.56 Å². The molecule has 0 aliphatic heterocycles. The van der Waals surface area contributed by atoms with Gasteiger partial charge in [-0.2, -0.15) is 0 Å². The van der Waals surface area contributed by atoms with Crippen LogP contribution in [0, 0.1) is 6.92 Å². The Morgan fingerprint density at radius 2 is 1.97 bits per heavy atom. The highest BCUT2D eigenvalue weighted by Gasteiger charge is 2.08. The number of aromatic nitrogens is 2. The average Bonchev–Trinajstić information content (AvgIpc) is 2.82. The number of rotatable bonds is 12. The second-order valence-corrected chi connectivity index (χ2v) is 7.64. The van der Waals surface area contributed by atoms with Crippen LogP contribution >= 0.6 is 0 Å². The van der Waals surface area contributed by atoms with Gasteiger partial charge in [-0.25, -0.2) is 9.98 Å². The number of hydrogen-bond donors (Lipinski definition) is 5. The van der Waals surface area contributed by atoms with Crippen molar-refractivity contribution in [2.45, 2.75) is 39.5 Å². The SMILES string of the molecule is CCC/C=C/C(CNc1ccc(C(=O)NCCCC(=O)NC)cc1)=Nc1c(C)nc(N)[nH]c1=O. The molecule has 0 aliphatic carbocycles. The van der Waals surface area contributed by atoms with Gasteiger partial charge in [0.2, 0.25) is 11.9 Å². The van der Waals surface area contributed by atoms with Crippen LogP contribution in [-0.4, -0.2) is 47.6 Å². The molecule has 0 fully saturated rings. The molecule has 2 aromatic rings. The molecule has 0 bridgehead atoms. The van der Waals surface area contributed by atoms with Gasteiger partial charge >= 0.3 is 0 Å². The van der Waals surface area contributed by atoms with E-state index in [0.717, 1.165) is 18.5 Å². The summed E-state index contributed by atoms with van der Waals surface area (Å²) in [6, 6.07) is 7.04. The van der Waals surface area contributed by atoms with Crippen molar-refractivity contribution in [3.63, 3.8) is 0 Å². The monoisotopic (exact) mass is 467 g/mol. The minimum absolute atomic E-state index is 0.0513. The van der Waals surface area contributed by atoms with Crippen LogP contribution in [0.25, 0.3) is 0 Å². The number of nitrogens with zero attached hydrogens (tertiary/aromatic N) is 2. The van der Waals surface area contributed by atoms with Crippen molar-refractivity contribution in [3.05, 3.63) is 58.0 Å². The molecule has 10 heteroatoms. The molecule has 6 N–H and O–H groups in total. The summed E-state index contributed by atoms with van der Waals surface area (Å²) in [7, 11) is 1.59. The van der Waals surface area contributed by atoms with Crippen LogP contribution in [0.15, 0.2) is 46.2 Å². The Morgan fingerprint density at radius 1 is 1.24 bits per heavy atom. The lowest BCUT2D eigenvalue weighted by molar-refractivity contribution is -0.120. The normalized spacial score (nSPS) is 11.4. The zero-order valence-corrected chi connectivity index (χ0v) is 19.9. The average molecular weight is 468 g/mol. The van der Waals surface area contributed by atoms with Gasteiger partial charge in [0.1, 0.15) is 5.69 Å². The summed E-state index contributed by atoms with van der Waals surface area (Å²) in [6.45, 7) is 4.56. The van der Waals surface area contributed by atoms with Gasteiger partial charge in [-0.1, -0.05) is 19.4 Å². The summed E-state index contributed by atoms with van der Waals surface area (Å²) >= 11 is 0. The number of H-pyrrole nitrogens is 1. The molecule has 2 amide bonds. The highest BCUT2D eigenvalue weighted by Crippen LogP contribution is 2.13. The molecule has 0 spiro atoms. The van der Waals surface area contributed by atoms with Crippen molar-refractivity contribution in [3.8, 4) is 0 Å². The van der Waals surface area contributed by atoms with Crippen LogP contribution in [0.2, 0.25) is 0 Å². The van der Waals surface area contributed by atoms with Gasteiger partial charge in [0, 0.05) is 31.3 Å². The van der Waals surface area contributed by atoms with E-state index in [1.807, 2.05) is 12.2 Å². The number of aryl methyl sites for hydroxylation is 1. The number of benzene rings is 1. The molecule has 1 aromatic carbocycles. The lowest BCUT2D eigenvalue weighted by Crippen LogP contribution is -2.26. The number of unbranched alkanes of at least 4 members (excludes halogenated alkanes) is 1. The summed E-state index contributed by atoms with van der Waals surface area (Å²) in [5.41, 5.74) is 7.85. The van der Waals surface area contributed by atoms with Crippen LogP contribution in [0.3, 0.4) is 0 Å². The third kappa shape index (κ3) is 8.53. The van der Waals surface area contributed by atoms with Crippen LogP contribution in [0.1, 0.15) is 48.7 Å². The maximum Gasteiger partial charge on any atom is 0.278 e. The molecule has 2 rings (SSSR count). The Hall–Kier alpha value is -3.95. The van der Waals surface area contributed by atoms with Gasteiger partial charge in [-0.3, -0.25) is 19.4 Å². The van der Waals surface area contributed by atoms with E-state index in [0.29, 0.717) is 42.9 Å². The minimum Gasteiger partial charge on any atom is -0.379 e. The molecule has 1 aromatic heterocycles. The molecule has 0 unspecified atom stereocenters. The fourth-order valence-corrected chi connectivity index (χ4v) is 3.01. The second kappa shape index (κ2) is 13.6. The summed E-state index contributed by atoms with van der Waals surface area (Å²) < 4.78 is 0. The zero-order chi connectivity index (χ0) is 24.9. The second-order valence-electron chi connectivity index (χ2n) is 7.64. The maximum absolute atomic E-state index is 12.3. The van der Waals surface area contributed by atoms with Crippen molar-refractivity contribution in [2.75, 3.05) is 31.2 Å². The van der Waals surface area contributed by atoms with E-state index in [-0.39, 0.29) is 23.5 Å². The first-order valence-corrected chi connectivity index (χ1v) is 11.3. The zero-order valence-electron chi connectivity index (χ0n) is 19.9. The van der Waals surface area contributed by atoms with Gasteiger partial charge in [-0.05, 0) is 50.1 Å². The molecule has 182 valence electrons. The molecule has 0 radical (unpaired) electrons. The van der Waals surface area contributed by atoms with Crippen LogP contribution < -0.4 is 27.2 Å². The first-order valence-electron chi connectivity index (χ1n) is 11.3. The molecule has 1 heterocycles. The summed E-state index contributed by atoms with van der Waals surface area (Å²) in [6.07, 6.45) is 6.72. The standard InChI is InChI=1S/C24H33N7O3/c1-4-5-6-8-19(30-21-16(2)29-24(25)31-23(21)34)15-28-18-12-10-17(11-13-18)22(33)27-14-7-9-20(32)26-3/h6,8,10-13,28H,4-5,7,9,14-15H2,1-3H3,(H,26,32)(H,27,33)(H3,25,29,31,34)/b8-6+,30-19?. The number of aliphatic imine (C=N–C) groups is 1. The van der Waals surface area contributed by atoms with Crippen molar-refractivity contribution >= 4 is 34.8 Å². The molecule has 0 aliphatic rings. The lowest BCUT2D eigenvalue weighted by atomic mass is 10.2. The number of carbonyl (C=O) groups is 2. The third-order valence-electron chi connectivity index (χ3n) is 4.87. The van der Waals surface area contributed by atoms with E-state index >= 15 is 0 Å². The fraction of sp³-hybridized carbons (Fsp3) is 0.375. The van der Waals surface area contributed by atoms with Crippen molar-refractivity contribution < 1.29 is 9.59 Å². The predicted molar refractivity (Wildman–Crippen MR) is 136 cm³/mol. The lowest BCUT2D eigenvalue weighted by Gasteiger charge is -2.09. The van der Waals surface area contributed by atoms with E-state index in [4.69, 9.17) is 5.73 Å². The number of nitrogen functional groups attached to an aromatic ring is 1. The predicted octanol–water partition coefficient (Wildman–Crippen LogP) is 2.46. The van der Waals surface area contributed by atoms with Crippen molar-refractivity contribution in [2.24, 2.45) is 4.99 Å². The molecule has 34 heavy (non-hydrogen) atoms. The molecular weight excluding hydrogens is 434 g/mol. The Balaban J connectivity index is 2.03. The van der Waals surface area contributed by atoms with E-state index in [1.54, 1.807) is 38.2 Å². The van der Waals surface area contributed by atoms with Gasteiger partial charge in [0.05, 0.1) is 18.0 Å². The highest BCUT2D eigenvalue weighted by molar-refractivity contribution is 6.00. The van der Waals surface area contributed by atoms with Gasteiger partial charge in [-0.15, -0.1) is 0 Å². The summed E-state index contributed by atoms with van der Waals surface area (Å²) in [5.74, 6) is -0.193. The van der Waals surface area contributed by atoms with Crippen molar-refractivity contribution in [1.29, 1.82) is 0 Å². The number of nitrogens with two attached hydrogens (primary N) is 1. The minimum atomic E-state index is -0.392. The highest BCUT2D eigenvalue weighted by atomic mass is 16.2. The number of allylic oxidation sites excluding steroid dienone is 1. The van der Waals surface area contributed by atoms with E-state index in [2.05, 4.69) is 37.8 Å². The molecule has 10 nitrogen and oxygen atoms in total. The molecule has 0 atom stereocenters. The quantitative estimate of drug-likeness (QED) is 0.239. The first-order chi connectivity index (χ1) is 16.3. The summed E-state index contributed by atoms with van der Waals surface area (Å²) in [5, 5.41) is 8.62. The number of hydrogen-bond acceptors (Lipinski definition) is 7. The Morgan fingerprint density at radius 3 is 2.62 bits per heavy atom. The number of amides is 2. The summed E-state index contributed by atoms with van der Waals surface area (Å²) in [4.78, 5) is 46.8. The Kier molecular flexibility index (Phi) is 10.5. The van der Waals surface area contributed by atoms with Gasteiger partial charge in [0.15, 0.2) is 0 Å². The number of aromatic amines is 1. The largest absolute Gasteiger partial charge is 0.379 e. The number of anilines is 2. The Labute approximate surface area is 199 Å². The van der Waals surface area contributed by atoms with E-state index in [9.17, 15) is 14.4 Å². The molecule has 0 saturated heterocycles. The topological polar surface area (TPSA) is 154 Å². The Bertz CT molecular complexity index is 1090. The van der Waals surface area contributed by atoms with Gasteiger partial charge in [0.25, 0.3) is 11.5 Å². The molecular formula is C24H33N7O3. The smallest absolute Gasteiger partial charge is 0.278 e. The molecule has 0 saturated carbocycles. The van der Waals surface area contributed by atoms with Crippen LogP contribution in [-0.2, 0) is 4.79 Å². The van der Waals surface area contributed by atoms with Crippen LogP contribution in [0.4, 0.5) is 17.3 Å². The maximum atomic E-state index is 12.3. The van der Waals surface area contributed by atoms with Gasteiger partial charge < -0.3 is 21.7 Å². The number of carbonyl (C=O) groups excluding carboxylic acids is 2. The fourth-order valence-electron chi connectivity index (χ4n) is 3.01. The van der Waals surface area contributed by atoms with E-state index in [1.165, 1.54) is 0 Å². The number of nitrogens with one attached hydrogen (secondary N) is 4. The third-order valence-corrected chi connectivity index (χ3v) is 4.87. The van der Waals surface area contributed by atoms with Crippen LogP contribution in [0.5, 0.6) is 0 Å². The van der Waals surface area contributed by atoms with Crippen molar-refractivity contribution in [1.82, 2.24) is 20.6 Å².